The minimum absolute atomic E-state index is 0.247. The van der Waals surface area contributed by atoms with Crippen molar-refractivity contribution in [2.75, 3.05) is 6.54 Å². The van der Waals surface area contributed by atoms with E-state index in [9.17, 15) is 5.11 Å². The second kappa shape index (κ2) is 5.04. The van der Waals surface area contributed by atoms with E-state index in [4.69, 9.17) is 0 Å². The van der Waals surface area contributed by atoms with Crippen LogP contribution in [-0.2, 0) is 0 Å². The van der Waals surface area contributed by atoms with Gasteiger partial charge in [-0.05, 0) is 55.4 Å². The van der Waals surface area contributed by atoms with Crippen molar-refractivity contribution >= 4 is 0 Å². The largest absolute Gasteiger partial charge is 0.388 e. The Bertz CT molecular complexity index is 305. The normalized spacial score (nSPS) is 36.9. The van der Waals surface area contributed by atoms with E-state index < -0.39 is 5.60 Å². The molecule has 1 saturated heterocycles. The van der Waals surface area contributed by atoms with Gasteiger partial charge in [-0.15, -0.1) is 0 Å². The van der Waals surface area contributed by atoms with Gasteiger partial charge in [-0.25, -0.2) is 0 Å². The number of rotatable bonds is 2. The Morgan fingerprint density at radius 3 is 2.16 bits per heavy atom. The van der Waals surface area contributed by atoms with Crippen molar-refractivity contribution in [3.05, 3.63) is 0 Å². The number of hydrogen-bond donors (Lipinski definition) is 2. The number of nitrogens with one attached hydrogen (secondary N) is 1. The third-order valence-corrected chi connectivity index (χ3v) is 5.26. The van der Waals surface area contributed by atoms with E-state index in [-0.39, 0.29) is 10.8 Å². The number of piperidine rings is 1. The molecule has 0 aromatic carbocycles. The average molecular weight is 267 g/mol. The molecule has 0 aromatic rings. The van der Waals surface area contributed by atoms with Crippen molar-refractivity contribution in [3.63, 3.8) is 0 Å². The minimum atomic E-state index is -0.515. The van der Waals surface area contributed by atoms with Gasteiger partial charge in [0.05, 0.1) is 5.60 Å². The summed E-state index contributed by atoms with van der Waals surface area (Å²) < 4.78 is 0. The quantitative estimate of drug-likeness (QED) is 0.799. The van der Waals surface area contributed by atoms with Crippen LogP contribution in [0.4, 0.5) is 0 Å². The average Bonchev–Trinajstić information content (AvgIpc) is 2.24. The first kappa shape index (κ1) is 15.3. The Kier molecular flexibility index (Phi) is 4.06. The third kappa shape index (κ3) is 3.52. The molecule has 2 rings (SSSR count). The van der Waals surface area contributed by atoms with Crippen LogP contribution in [0, 0.1) is 16.7 Å². The molecule has 2 nitrogen and oxygen atoms in total. The Balaban J connectivity index is 2.16. The van der Waals surface area contributed by atoms with Crippen molar-refractivity contribution in [1.29, 1.82) is 0 Å². The molecule has 19 heavy (non-hydrogen) atoms. The van der Waals surface area contributed by atoms with E-state index in [0.717, 1.165) is 31.7 Å². The summed E-state index contributed by atoms with van der Waals surface area (Å²) in [5.41, 5.74) is -0.0201. The number of aliphatic hydroxyl groups is 1. The Hall–Kier alpha value is -0.0800. The molecule has 0 amide bonds. The van der Waals surface area contributed by atoms with E-state index in [1.165, 1.54) is 19.3 Å². The highest BCUT2D eigenvalue weighted by molar-refractivity contribution is 5.04. The summed E-state index contributed by atoms with van der Waals surface area (Å²) >= 11 is 0. The highest BCUT2D eigenvalue weighted by Crippen LogP contribution is 2.52. The summed E-state index contributed by atoms with van der Waals surface area (Å²) in [5.74, 6) is 0.795. The molecule has 2 unspecified atom stereocenters. The molecule has 2 N–H and O–H groups in total. The molecule has 0 aromatic heterocycles. The summed E-state index contributed by atoms with van der Waals surface area (Å²) in [4.78, 5) is 0. The Morgan fingerprint density at radius 2 is 1.63 bits per heavy atom. The Morgan fingerprint density at radius 1 is 1.05 bits per heavy atom. The summed E-state index contributed by atoms with van der Waals surface area (Å²) in [6.07, 6.45) is 6.78. The fraction of sp³-hybridized carbons (Fsp3) is 1.00. The SMILES string of the molecule is CCC1CCNC(C2(O)CC(C)(C)CC(C)(C)C2)C1. The number of hydrogen-bond acceptors (Lipinski definition) is 2. The van der Waals surface area contributed by atoms with E-state index in [1.54, 1.807) is 0 Å². The molecule has 2 heteroatoms. The van der Waals surface area contributed by atoms with Crippen molar-refractivity contribution in [2.45, 2.75) is 84.8 Å². The van der Waals surface area contributed by atoms with Gasteiger partial charge in [0, 0.05) is 6.04 Å². The van der Waals surface area contributed by atoms with Crippen LogP contribution in [0.1, 0.15) is 73.1 Å². The van der Waals surface area contributed by atoms with Gasteiger partial charge in [0.2, 0.25) is 0 Å². The van der Waals surface area contributed by atoms with Crippen molar-refractivity contribution < 1.29 is 5.11 Å². The second-order valence-electron chi connectivity index (χ2n) is 8.77. The van der Waals surface area contributed by atoms with Crippen molar-refractivity contribution in [1.82, 2.24) is 5.32 Å². The zero-order valence-corrected chi connectivity index (χ0v) is 13.6. The zero-order chi connectivity index (χ0) is 14.3. The van der Waals surface area contributed by atoms with Gasteiger partial charge in [0.1, 0.15) is 0 Å². The highest BCUT2D eigenvalue weighted by atomic mass is 16.3. The van der Waals surface area contributed by atoms with Crippen molar-refractivity contribution in [3.8, 4) is 0 Å². The predicted molar refractivity (Wildman–Crippen MR) is 81.2 cm³/mol. The first-order valence-electron chi connectivity index (χ1n) is 8.12. The topological polar surface area (TPSA) is 32.3 Å². The lowest BCUT2D eigenvalue weighted by molar-refractivity contribution is -0.115. The van der Waals surface area contributed by atoms with Crippen LogP contribution in [0.2, 0.25) is 0 Å². The molecule has 2 atom stereocenters. The van der Waals surface area contributed by atoms with E-state index in [1.807, 2.05) is 0 Å². The maximum absolute atomic E-state index is 11.3. The van der Waals surface area contributed by atoms with Crippen LogP contribution >= 0.6 is 0 Å². The molecular formula is C17H33NO. The molecular weight excluding hydrogens is 234 g/mol. The maximum atomic E-state index is 11.3. The molecule has 1 heterocycles. The fourth-order valence-electron chi connectivity index (χ4n) is 5.16. The van der Waals surface area contributed by atoms with Crippen LogP contribution in [0.25, 0.3) is 0 Å². The first-order valence-corrected chi connectivity index (χ1v) is 8.12. The van der Waals surface area contributed by atoms with Crippen molar-refractivity contribution in [2.24, 2.45) is 16.7 Å². The lowest BCUT2D eigenvalue weighted by Gasteiger charge is -2.54. The van der Waals surface area contributed by atoms with Crippen LogP contribution in [0.3, 0.4) is 0 Å². The van der Waals surface area contributed by atoms with Crippen LogP contribution in [0.15, 0.2) is 0 Å². The second-order valence-corrected chi connectivity index (χ2v) is 8.77. The monoisotopic (exact) mass is 267 g/mol. The predicted octanol–water partition coefficient (Wildman–Crippen LogP) is 3.73. The van der Waals surface area contributed by atoms with E-state index in [0.29, 0.717) is 6.04 Å². The van der Waals surface area contributed by atoms with Gasteiger partial charge in [-0.1, -0.05) is 41.0 Å². The molecule has 0 spiro atoms. The highest BCUT2D eigenvalue weighted by Gasteiger charge is 2.50. The van der Waals surface area contributed by atoms with Gasteiger partial charge in [-0.3, -0.25) is 0 Å². The molecule has 0 bridgehead atoms. The van der Waals surface area contributed by atoms with Crippen LogP contribution in [-0.4, -0.2) is 23.3 Å². The molecule has 112 valence electrons. The van der Waals surface area contributed by atoms with Gasteiger partial charge >= 0.3 is 0 Å². The standard InChI is InChI=1S/C17H33NO/c1-6-13-7-8-18-14(9-13)17(19)11-15(2,3)10-16(4,5)12-17/h13-14,18-19H,6-12H2,1-5H3. The molecule has 1 aliphatic heterocycles. The molecule has 1 saturated carbocycles. The lowest BCUT2D eigenvalue weighted by atomic mass is 9.57. The van der Waals surface area contributed by atoms with E-state index >= 15 is 0 Å². The van der Waals surface area contributed by atoms with Crippen LogP contribution < -0.4 is 5.32 Å². The molecule has 2 fully saturated rings. The fourth-order valence-corrected chi connectivity index (χ4v) is 5.16. The summed E-state index contributed by atoms with van der Waals surface area (Å²) in [6.45, 7) is 12.6. The van der Waals surface area contributed by atoms with Gasteiger partial charge < -0.3 is 10.4 Å². The van der Waals surface area contributed by atoms with Gasteiger partial charge in [0.15, 0.2) is 0 Å². The van der Waals surface area contributed by atoms with Gasteiger partial charge in [-0.2, -0.15) is 0 Å². The first-order chi connectivity index (χ1) is 8.66. The Labute approximate surface area is 119 Å². The van der Waals surface area contributed by atoms with Crippen LogP contribution in [0.5, 0.6) is 0 Å². The molecule has 0 radical (unpaired) electrons. The smallest absolute Gasteiger partial charge is 0.0810 e. The molecule has 2 aliphatic rings. The third-order valence-electron chi connectivity index (χ3n) is 5.26. The maximum Gasteiger partial charge on any atom is 0.0810 e. The molecule has 1 aliphatic carbocycles. The van der Waals surface area contributed by atoms with Gasteiger partial charge in [0.25, 0.3) is 0 Å². The minimum Gasteiger partial charge on any atom is -0.388 e. The lowest BCUT2D eigenvalue weighted by Crippen LogP contribution is -2.60. The van der Waals surface area contributed by atoms with E-state index in [2.05, 4.69) is 39.9 Å². The summed E-state index contributed by atoms with van der Waals surface area (Å²) in [5, 5.41) is 14.9. The summed E-state index contributed by atoms with van der Waals surface area (Å²) in [7, 11) is 0. The zero-order valence-electron chi connectivity index (χ0n) is 13.6. The summed E-state index contributed by atoms with van der Waals surface area (Å²) in [6, 6.07) is 0.296.